The summed E-state index contributed by atoms with van der Waals surface area (Å²) in [5, 5.41) is 8.57. The van der Waals surface area contributed by atoms with E-state index < -0.39 is 0 Å². The van der Waals surface area contributed by atoms with Gasteiger partial charge in [0.05, 0.1) is 12.1 Å². The van der Waals surface area contributed by atoms with E-state index in [2.05, 4.69) is 17.9 Å². The number of unbranched alkanes of at least 4 members (excludes halogenated alkanes) is 2. The Kier molecular flexibility index (Phi) is 5.87. The van der Waals surface area contributed by atoms with Crippen LogP contribution in [0.25, 0.3) is 0 Å². The van der Waals surface area contributed by atoms with Crippen LogP contribution in [0.3, 0.4) is 0 Å². The average Bonchev–Trinajstić information content (AvgIpc) is 2.03. The standard InChI is InChI=1S/C9H18N2/c1-4-5-6-7-11(3)9(2)8-10/h9H,4-7H2,1-3H3. The number of hydrogen-bond donors (Lipinski definition) is 0. The minimum Gasteiger partial charge on any atom is -0.291 e. The van der Waals surface area contributed by atoms with E-state index in [4.69, 9.17) is 5.26 Å². The maximum Gasteiger partial charge on any atom is 0.0946 e. The van der Waals surface area contributed by atoms with Crippen LogP contribution in [0.1, 0.15) is 33.1 Å². The van der Waals surface area contributed by atoms with Gasteiger partial charge >= 0.3 is 0 Å². The first-order valence-corrected chi connectivity index (χ1v) is 4.32. The van der Waals surface area contributed by atoms with Crippen LogP contribution in [0.4, 0.5) is 0 Å². The Hall–Kier alpha value is -0.550. The van der Waals surface area contributed by atoms with Crippen molar-refractivity contribution >= 4 is 0 Å². The van der Waals surface area contributed by atoms with Gasteiger partial charge in [0.25, 0.3) is 0 Å². The van der Waals surface area contributed by atoms with Crippen molar-refractivity contribution in [2.24, 2.45) is 0 Å². The lowest BCUT2D eigenvalue weighted by molar-refractivity contribution is 0.295. The number of nitrogens with zero attached hydrogens (tertiary/aromatic N) is 2. The van der Waals surface area contributed by atoms with Gasteiger partial charge in [-0.25, -0.2) is 0 Å². The van der Waals surface area contributed by atoms with Crippen molar-refractivity contribution in [3.63, 3.8) is 0 Å². The van der Waals surface area contributed by atoms with Crippen molar-refractivity contribution in [1.29, 1.82) is 5.26 Å². The van der Waals surface area contributed by atoms with E-state index in [1.807, 2.05) is 14.0 Å². The van der Waals surface area contributed by atoms with E-state index >= 15 is 0 Å². The van der Waals surface area contributed by atoms with E-state index in [9.17, 15) is 0 Å². The Labute approximate surface area is 69.8 Å². The average molecular weight is 154 g/mol. The van der Waals surface area contributed by atoms with Crippen LogP contribution in [0, 0.1) is 11.3 Å². The summed E-state index contributed by atoms with van der Waals surface area (Å²) >= 11 is 0. The van der Waals surface area contributed by atoms with Crippen molar-refractivity contribution in [3.8, 4) is 6.07 Å². The first-order chi connectivity index (χ1) is 5.22. The highest BCUT2D eigenvalue weighted by atomic mass is 15.1. The Balaban J connectivity index is 3.37. The van der Waals surface area contributed by atoms with Crippen molar-refractivity contribution in [2.75, 3.05) is 13.6 Å². The SMILES string of the molecule is CCCCCN(C)C(C)C#N. The molecule has 0 spiro atoms. The Morgan fingerprint density at radius 3 is 2.55 bits per heavy atom. The van der Waals surface area contributed by atoms with Gasteiger partial charge in [-0.2, -0.15) is 5.26 Å². The number of rotatable bonds is 5. The lowest BCUT2D eigenvalue weighted by Gasteiger charge is -2.17. The predicted molar refractivity (Wildman–Crippen MR) is 47.2 cm³/mol. The van der Waals surface area contributed by atoms with Crippen LogP contribution in [0.15, 0.2) is 0 Å². The second kappa shape index (κ2) is 6.18. The highest BCUT2D eigenvalue weighted by molar-refractivity contribution is 4.86. The van der Waals surface area contributed by atoms with Crippen LogP contribution < -0.4 is 0 Å². The molecule has 0 rings (SSSR count). The molecule has 0 aliphatic rings. The molecule has 0 aromatic carbocycles. The van der Waals surface area contributed by atoms with Crippen LogP contribution in [-0.4, -0.2) is 24.5 Å². The fourth-order valence-corrected chi connectivity index (χ4v) is 0.903. The summed E-state index contributed by atoms with van der Waals surface area (Å²) in [6, 6.07) is 2.28. The molecule has 0 aromatic heterocycles. The molecule has 0 amide bonds. The summed E-state index contributed by atoms with van der Waals surface area (Å²) in [5.41, 5.74) is 0. The summed E-state index contributed by atoms with van der Waals surface area (Å²) < 4.78 is 0. The first kappa shape index (κ1) is 10.4. The van der Waals surface area contributed by atoms with Crippen molar-refractivity contribution in [2.45, 2.75) is 39.2 Å². The van der Waals surface area contributed by atoms with E-state index in [0.29, 0.717) is 0 Å². The molecule has 64 valence electrons. The first-order valence-electron chi connectivity index (χ1n) is 4.32. The maximum atomic E-state index is 8.57. The summed E-state index contributed by atoms with van der Waals surface area (Å²) in [6.45, 7) is 5.17. The molecular formula is C9H18N2. The van der Waals surface area contributed by atoms with Gasteiger partial charge in [0.15, 0.2) is 0 Å². The third kappa shape index (κ3) is 4.80. The number of nitriles is 1. The molecule has 2 nitrogen and oxygen atoms in total. The summed E-state index contributed by atoms with van der Waals surface area (Å²) in [6.07, 6.45) is 3.72. The van der Waals surface area contributed by atoms with Crippen LogP contribution >= 0.6 is 0 Å². The molecule has 11 heavy (non-hydrogen) atoms. The highest BCUT2D eigenvalue weighted by Gasteiger charge is 2.05. The van der Waals surface area contributed by atoms with Gasteiger partial charge in [-0.15, -0.1) is 0 Å². The topological polar surface area (TPSA) is 27.0 Å². The van der Waals surface area contributed by atoms with Crippen LogP contribution in [0.5, 0.6) is 0 Å². The molecule has 0 aliphatic carbocycles. The minimum absolute atomic E-state index is 0.0619. The predicted octanol–water partition coefficient (Wildman–Crippen LogP) is 2.02. The molecular weight excluding hydrogens is 136 g/mol. The van der Waals surface area contributed by atoms with E-state index in [-0.39, 0.29) is 6.04 Å². The fraction of sp³-hybridized carbons (Fsp3) is 0.889. The molecule has 1 atom stereocenters. The molecule has 0 aromatic rings. The zero-order chi connectivity index (χ0) is 8.69. The van der Waals surface area contributed by atoms with Gasteiger partial charge in [-0.1, -0.05) is 19.8 Å². The molecule has 1 unspecified atom stereocenters. The quantitative estimate of drug-likeness (QED) is 0.566. The molecule has 0 heterocycles. The zero-order valence-electron chi connectivity index (χ0n) is 7.80. The Morgan fingerprint density at radius 1 is 1.45 bits per heavy atom. The largest absolute Gasteiger partial charge is 0.291 e. The summed E-state index contributed by atoms with van der Waals surface area (Å²) in [5.74, 6) is 0. The second-order valence-electron chi connectivity index (χ2n) is 2.99. The van der Waals surface area contributed by atoms with Gasteiger partial charge in [0, 0.05) is 0 Å². The fourth-order valence-electron chi connectivity index (χ4n) is 0.903. The normalized spacial score (nSPS) is 13.0. The molecule has 0 saturated carbocycles. The smallest absolute Gasteiger partial charge is 0.0946 e. The molecule has 0 saturated heterocycles. The molecule has 0 bridgehead atoms. The van der Waals surface area contributed by atoms with Crippen LogP contribution in [0.2, 0.25) is 0 Å². The van der Waals surface area contributed by atoms with Gasteiger partial charge < -0.3 is 0 Å². The third-order valence-electron chi connectivity index (χ3n) is 1.96. The van der Waals surface area contributed by atoms with Gasteiger partial charge in [0.1, 0.15) is 0 Å². The van der Waals surface area contributed by atoms with E-state index in [0.717, 1.165) is 6.54 Å². The summed E-state index contributed by atoms with van der Waals surface area (Å²) in [7, 11) is 2.00. The zero-order valence-corrected chi connectivity index (χ0v) is 7.80. The molecule has 2 heteroatoms. The van der Waals surface area contributed by atoms with Crippen molar-refractivity contribution in [3.05, 3.63) is 0 Å². The van der Waals surface area contributed by atoms with Crippen LogP contribution in [-0.2, 0) is 0 Å². The van der Waals surface area contributed by atoms with E-state index in [1.165, 1.54) is 19.3 Å². The monoisotopic (exact) mass is 154 g/mol. The Morgan fingerprint density at radius 2 is 2.09 bits per heavy atom. The third-order valence-corrected chi connectivity index (χ3v) is 1.96. The minimum atomic E-state index is 0.0619. The maximum absolute atomic E-state index is 8.57. The summed E-state index contributed by atoms with van der Waals surface area (Å²) in [4.78, 5) is 2.09. The molecule has 0 aliphatic heterocycles. The Bertz CT molecular complexity index is 126. The second-order valence-corrected chi connectivity index (χ2v) is 2.99. The van der Waals surface area contributed by atoms with Gasteiger partial charge in [0.2, 0.25) is 0 Å². The highest BCUT2D eigenvalue weighted by Crippen LogP contribution is 1.99. The molecule has 0 radical (unpaired) electrons. The van der Waals surface area contributed by atoms with Crippen molar-refractivity contribution in [1.82, 2.24) is 4.90 Å². The number of hydrogen-bond acceptors (Lipinski definition) is 2. The van der Waals surface area contributed by atoms with E-state index in [1.54, 1.807) is 0 Å². The lowest BCUT2D eigenvalue weighted by atomic mass is 10.2. The van der Waals surface area contributed by atoms with Crippen molar-refractivity contribution < 1.29 is 0 Å². The van der Waals surface area contributed by atoms with Gasteiger partial charge in [-0.05, 0) is 26.9 Å². The lowest BCUT2D eigenvalue weighted by Crippen LogP contribution is -2.28. The molecule has 0 N–H and O–H groups in total. The molecule has 0 fully saturated rings. The van der Waals surface area contributed by atoms with Gasteiger partial charge in [-0.3, -0.25) is 4.90 Å².